The predicted octanol–water partition coefficient (Wildman–Crippen LogP) is 2.38. The molecule has 70 valence electrons. The molecule has 0 bridgehead atoms. The summed E-state index contributed by atoms with van der Waals surface area (Å²) in [6, 6.07) is 10.7. The van der Waals surface area contributed by atoms with Crippen molar-refractivity contribution in [2.45, 2.75) is 19.8 Å². The molecular weight excluding hydrogens is 158 g/mol. The van der Waals surface area contributed by atoms with Crippen molar-refractivity contribution >= 4 is 0 Å². The molecule has 0 saturated heterocycles. The highest BCUT2D eigenvalue weighted by Crippen LogP contribution is 2.63. The lowest BCUT2D eigenvalue weighted by Crippen LogP contribution is -2.05. The molecule has 1 fully saturated rings. The van der Waals surface area contributed by atoms with Gasteiger partial charge in [-0.25, -0.2) is 0 Å². The Kier molecular flexibility index (Phi) is 1.92. The molecule has 2 rings (SSSR count). The van der Waals surface area contributed by atoms with E-state index in [1.54, 1.807) is 0 Å². The highest BCUT2D eigenvalue weighted by molar-refractivity contribution is 5.31. The highest BCUT2D eigenvalue weighted by atomic mass is 14.7. The summed E-state index contributed by atoms with van der Waals surface area (Å²) >= 11 is 0. The predicted molar refractivity (Wildman–Crippen MR) is 55.5 cm³/mol. The zero-order chi connectivity index (χ0) is 9.47. The van der Waals surface area contributed by atoms with Crippen LogP contribution in [-0.4, -0.2) is 6.54 Å². The average Bonchev–Trinajstić information content (AvgIpc) is 2.69. The third kappa shape index (κ3) is 1.28. The van der Waals surface area contributed by atoms with Gasteiger partial charge >= 0.3 is 0 Å². The van der Waals surface area contributed by atoms with E-state index in [0.717, 1.165) is 6.54 Å². The Morgan fingerprint density at radius 3 is 2.31 bits per heavy atom. The molecule has 2 N–H and O–H groups in total. The molecule has 1 heteroatoms. The van der Waals surface area contributed by atoms with Gasteiger partial charge in [-0.1, -0.05) is 44.2 Å². The summed E-state index contributed by atoms with van der Waals surface area (Å²) in [5.41, 5.74) is 7.60. The smallest absolute Gasteiger partial charge is 0.00375 e. The summed E-state index contributed by atoms with van der Waals surface area (Å²) < 4.78 is 0. The van der Waals surface area contributed by atoms with Gasteiger partial charge in [-0.2, -0.15) is 0 Å². The molecule has 0 aromatic heterocycles. The van der Waals surface area contributed by atoms with Gasteiger partial charge in [-0.15, -0.1) is 0 Å². The molecule has 0 aliphatic heterocycles. The number of benzene rings is 1. The van der Waals surface area contributed by atoms with Gasteiger partial charge in [0.2, 0.25) is 0 Å². The fourth-order valence-corrected chi connectivity index (χ4v) is 2.51. The lowest BCUT2D eigenvalue weighted by atomic mass is 10.0. The molecule has 2 atom stereocenters. The van der Waals surface area contributed by atoms with E-state index in [-0.39, 0.29) is 0 Å². The van der Waals surface area contributed by atoms with Crippen molar-refractivity contribution in [1.82, 2.24) is 0 Å². The van der Waals surface area contributed by atoms with Gasteiger partial charge in [0, 0.05) is 0 Å². The van der Waals surface area contributed by atoms with Gasteiger partial charge in [0.15, 0.2) is 0 Å². The topological polar surface area (TPSA) is 26.0 Å². The number of nitrogens with two attached hydrogens (primary N) is 1. The molecular formula is C12H17N. The van der Waals surface area contributed by atoms with Crippen LogP contribution in [0.3, 0.4) is 0 Å². The molecule has 1 aliphatic carbocycles. The third-order valence-electron chi connectivity index (χ3n) is 3.46. The Morgan fingerprint density at radius 1 is 1.23 bits per heavy atom. The molecule has 1 nitrogen and oxygen atoms in total. The van der Waals surface area contributed by atoms with E-state index in [0.29, 0.717) is 17.3 Å². The van der Waals surface area contributed by atoms with Gasteiger partial charge in [0.25, 0.3) is 0 Å². The van der Waals surface area contributed by atoms with Crippen LogP contribution in [0.5, 0.6) is 0 Å². The fourth-order valence-electron chi connectivity index (χ4n) is 2.51. The van der Waals surface area contributed by atoms with Gasteiger partial charge in [-0.3, -0.25) is 0 Å². The van der Waals surface area contributed by atoms with Crippen molar-refractivity contribution in [3.8, 4) is 0 Å². The Balaban J connectivity index is 2.22. The second kappa shape index (κ2) is 2.85. The summed E-state index contributed by atoms with van der Waals surface area (Å²) in [4.78, 5) is 0. The van der Waals surface area contributed by atoms with Crippen LogP contribution in [0.1, 0.15) is 25.3 Å². The monoisotopic (exact) mass is 175 g/mol. The molecule has 0 unspecified atom stereocenters. The van der Waals surface area contributed by atoms with Crippen molar-refractivity contribution in [3.05, 3.63) is 35.9 Å². The van der Waals surface area contributed by atoms with Crippen LogP contribution in [0.2, 0.25) is 0 Å². The minimum atomic E-state index is 0.413. The largest absolute Gasteiger partial charge is 0.330 e. The minimum absolute atomic E-state index is 0.413. The number of hydrogen-bond donors (Lipinski definition) is 1. The van der Waals surface area contributed by atoms with Crippen LogP contribution >= 0.6 is 0 Å². The quantitative estimate of drug-likeness (QED) is 0.733. The number of rotatable bonds is 2. The Bertz CT molecular complexity index is 289. The summed E-state index contributed by atoms with van der Waals surface area (Å²) in [7, 11) is 0. The van der Waals surface area contributed by atoms with E-state index in [1.165, 1.54) is 5.56 Å². The summed E-state index contributed by atoms with van der Waals surface area (Å²) in [6.45, 7) is 5.43. The molecule has 0 spiro atoms. The summed E-state index contributed by atoms with van der Waals surface area (Å²) in [5.74, 6) is 1.36. The van der Waals surface area contributed by atoms with E-state index in [9.17, 15) is 0 Å². The van der Waals surface area contributed by atoms with Crippen LogP contribution < -0.4 is 5.73 Å². The SMILES string of the molecule is CC1(C)[C@@H](CN)[C@@H]1c1ccccc1. The normalized spacial score (nSPS) is 30.1. The van der Waals surface area contributed by atoms with Gasteiger partial charge < -0.3 is 5.73 Å². The zero-order valence-corrected chi connectivity index (χ0v) is 8.33. The number of hydrogen-bond acceptors (Lipinski definition) is 1. The van der Waals surface area contributed by atoms with Gasteiger partial charge in [0.05, 0.1) is 0 Å². The van der Waals surface area contributed by atoms with Crippen molar-refractivity contribution in [1.29, 1.82) is 0 Å². The van der Waals surface area contributed by atoms with E-state index in [4.69, 9.17) is 5.73 Å². The van der Waals surface area contributed by atoms with E-state index >= 15 is 0 Å². The van der Waals surface area contributed by atoms with Crippen LogP contribution in [0, 0.1) is 11.3 Å². The van der Waals surface area contributed by atoms with E-state index in [1.807, 2.05) is 0 Å². The van der Waals surface area contributed by atoms with Gasteiger partial charge in [0.1, 0.15) is 0 Å². The molecule has 1 aliphatic rings. The molecule has 1 aromatic carbocycles. The first-order chi connectivity index (χ1) is 6.18. The molecule has 0 amide bonds. The van der Waals surface area contributed by atoms with Crippen LogP contribution in [0.25, 0.3) is 0 Å². The second-order valence-corrected chi connectivity index (χ2v) is 4.55. The fraction of sp³-hybridized carbons (Fsp3) is 0.500. The average molecular weight is 175 g/mol. The maximum absolute atomic E-state index is 5.74. The van der Waals surface area contributed by atoms with E-state index in [2.05, 4.69) is 44.2 Å². The van der Waals surface area contributed by atoms with Crippen LogP contribution in [0.15, 0.2) is 30.3 Å². The maximum Gasteiger partial charge on any atom is -0.00375 e. The standard InChI is InChI=1S/C12H17N/c1-12(2)10(8-13)11(12)9-6-4-3-5-7-9/h3-7,10-11H,8,13H2,1-2H3/t10-,11-/m0/s1. The molecule has 1 saturated carbocycles. The molecule has 1 aromatic rings. The van der Waals surface area contributed by atoms with Crippen molar-refractivity contribution in [2.75, 3.05) is 6.54 Å². The van der Waals surface area contributed by atoms with Crippen LogP contribution in [0.4, 0.5) is 0 Å². The Hall–Kier alpha value is -0.820. The molecule has 0 heterocycles. The van der Waals surface area contributed by atoms with Crippen molar-refractivity contribution in [3.63, 3.8) is 0 Å². The minimum Gasteiger partial charge on any atom is -0.330 e. The highest BCUT2D eigenvalue weighted by Gasteiger charge is 2.56. The van der Waals surface area contributed by atoms with Crippen LogP contribution in [-0.2, 0) is 0 Å². The maximum atomic E-state index is 5.74. The first-order valence-electron chi connectivity index (χ1n) is 4.93. The second-order valence-electron chi connectivity index (χ2n) is 4.55. The van der Waals surface area contributed by atoms with Crippen molar-refractivity contribution in [2.24, 2.45) is 17.1 Å². The zero-order valence-electron chi connectivity index (χ0n) is 8.33. The first kappa shape index (κ1) is 8.76. The first-order valence-corrected chi connectivity index (χ1v) is 4.93. The third-order valence-corrected chi connectivity index (χ3v) is 3.46. The van der Waals surface area contributed by atoms with Crippen molar-refractivity contribution < 1.29 is 0 Å². The van der Waals surface area contributed by atoms with E-state index < -0.39 is 0 Å². The lowest BCUT2D eigenvalue weighted by Gasteiger charge is -2.01. The summed E-state index contributed by atoms with van der Waals surface area (Å²) in [5, 5.41) is 0. The Morgan fingerprint density at radius 2 is 1.85 bits per heavy atom. The van der Waals surface area contributed by atoms with Gasteiger partial charge in [-0.05, 0) is 29.4 Å². The Labute approximate surface area is 80.0 Å². The summed E-state index contributed by atoms with van der Waals surface area (Å²) in [6.07, 6.45) is 0. The molecule has 13 heavy (non-hydrogen) atoms. The molecule has 0 radical (unpaired) electrons. The lowest BCUT2D eigenvalue weighted by molar-refractivity contribution is 0.558.